The van der Waals surface area contributed by atoms with Gasteiger partial charge in [0, 0.05) is 33.5 Å². The summed E-state index contributed by atoms with van der Waals surface area (Å²) in [5.41, 5.74) is 0.921. The highest BCUT2D eigenvalue weighted by atomic mass is 35.5. The fourth-order valence-electron chi connectivity index (χ4n) is 5.51. The van der Waals surface area contributed by atoms with Gasteiger partial charge in [-0.3, -0.25) is 19.3 Å². The lowest BCUT2D eigenvalue weighted by Crippen LogP contribution is -2.60. The molecule has 1 amide bonds. The summed E-state index contributed by atoms with van der Waals surface area (Å²) in [6.07, 6.45) is -3.52. The highest BCUT2D eigenvalue weighted by Crippen LogP contribution is 2.45. The number of rotatable bonds is 4. The zero-order valence-electron chi connectivity index (χ0n) is 23.5. The van der Waals surface area contributed by atoms with Crippen molar-refractivity contribution in [3.63, 3.8) is 0 Å². The molecule has 4 aromatic rings. The van der Waals surface area contributed by atoms with Gasteiger partial charge >= 0.3 is 12.1 Å². The monoisotopic (exact) mass is 644 g/mol. The predicted molar refractivity (Wildman–Crippen MR) is 156 cm³/mol. The lowest BCUT2D eigenvalue weighted by molar-refractivity contribution is -0.173. The van der Waals surface area contributed by atoms with E-state index in [1.807, 2.05) is 30.3 Å². The van der Waals surface area contributed by atoms with E-state index in [-0.39, 0.29) is 17.0 Å². The minimum absolute atomic E-state index is 0.0666. The molecule has 0 bridgehead atoms. The summed E-state index contributed by atoms with van der Waals surface area (Å²) in [7, 11) is 0. The standard InChI is InChI=1S/C30H24ClF3N4O5S/c1-15-23(16(2)43-35-15)29(41)42-27-21(39)11-12-37-26(27)28(40)36(17(3)30(32,33)34)14-38(37)25-19-8-4-5-10-22(19)44-13-18-7-6-9-20(31)24(18)25/h4-12,17,25H,13-14H2,1-3H3/t17-,25-/m1/s1. The second-order valence-corrected chi connectivity index (χ2v) is 11.8. The van der Waals surface area contributed by atoms with Crippen LogP contribution >= 0.6 is 23.4 Å². The van der Waals surface area contributed by atoms with Crippen molar-refractivity contribution in [3.8, 4) is 5.75 Å². The maximum Gasteiger partial charge on any atom is 0.408 e. The molecule has 2 aromatic heterocycles. The van der Waals surface area contributed by atoms with Gasteiger partial charge in [0.2, 0.25) is 11.2 Å². The molecule has 6 rings (SSSR count). The molecule has 9 nitrogen and oxygen atoms in total. The van der Waals surface area contributed by atoms with Crippen molar-refractivity contribution in [2.75, 3.05) is 11.7 Å². The first-order valence-electron chi connectivity index (χ1n) is 13.4. The Kier molecular flexibility index (Phi) is 7.49. The summed E-state index contributed by atoms with van der Waals surface area (Å²) in [4.78, 5) is 41.8. The van der Waals surface area contributed by atoms with Gasteiger partial charge < -0.3 is 14.2 Å². The Hall–Kier alpha value is -4.23. The molecule has 0 aliphatic carbocycles. The van der Waals surface area contributed by atoms with Gasteiger partial charge in [-0.25, -0.2) is 4.79 Å². The van der Waals surface area contributed by atoms with E-state index >= 15 is 0 Å². The third kappa shape index (κ3) is 4.93. The summed E-state index contributed by atoms with van der Waals surface area (Å²) in [6.45, 7) is 3.29. The van der Waals surface area contributed by atoms with E-state index in [9.17, 15) is 27.6 Å². The van der Waals surface area contributed by atoms with Gasteiger partial charge in [0.1, 0.15) is 30.1 Å². The van der Waals surface area contributed by atoms with Gasteiger partial charge in [-0.2, -0.15) is 13.2 Å². The van der Waals surface area contributed by atoms with Crippen LogP contribution in [0.1, 0.15) is 62.0 Å². The number of esters is 1. The van der Waals surface area contributed by atoms with E-state index in [0.717, 1.165) is 29.0 Å². The third-order valence-corrected chi connectivity index (χ3v) is 9.23. The van der Waals surface area contributed by atoms with Crippen LogP contribution in [0.4, 0.5) is 13.2 Å². The van der Waals surface area contributed by atoms with Gasteiger partial charge in [-0.15, -0.1) is 11.8 Å². The Balaban J connectivity index is 1.60. The van der Waals surface area contributed by atoms with Crippen molar-refractivity contribution in [1.29, 1.82) is 0 Å². The molecule has 0 radical (unpaired) electrons. The lowest BCUT2D eigenvalue weighted by Gasteiger charge is -2.46. The summed E-state index contributed by atoms with van der Waals surface area (Å²) < 4.78 is 54.5. The summed E-state index contributed by atoms with van der Waals surface area (Å²) in [5, 5.41) is 5.63. The van der Waals surface area contributed by atoms with E-state index in [0.29, 0.717) is 21.2 Å². The molecule has 4 heterocycles. The number of aryl methyl sites for hydroxylation is 2. The molecule has 0 saturated carbocycles. The van der Waals surface area contributed by atoms with Gasteiger partial charge in [0.05, 0.1) is 5.69 Å². The van der Waals surface area contributed by atoms with Crippen LogP contribution in [0.5, 0.6) is 5.75 Å². The number of carbonyl (C=O) groups is 2. The lowest BCUT2D eigenvalue weighted by atomic mass is 9.94. The molecule has 0 saturated heterocycles. The number of nitrogens with zero attached hydrogens (tertiary/aromatic N) is 4. The second kappa shape index (κ2) is 11.0. The SMILES string of the molecule is Cc1noc(C)c1C(=O)Oc1c2n(ccc1=O)N([C@@H]1c3ccccc3SCc3cccc(Cl)c31)CN([C@H](C)C(F)(F)F)C2=O. The van der Waals surface area contributed by atoms with Crippen LogP contribution in [-0.2, 0) is 5.75 Å². The Bertz CT molecular complexity index is 1850. The van der Waals surface area contributed by atoms with Crippen molar-refractivity contribution >= 4 is 35.2 Å². The normalized spacial score (nSPS) is 17.0. The van der Waals surface area contributed by atoms with Gasteiger partial charge in [-0.1, -0.05) is 47.1 Å². The Morgan fingerprint density at radius 2 is 1.89 bits per heavy atom. The third-order valence-electron chi connectivity index (χ3n) is 7.76. The summed E-state index contributed by atoms with van der Waals surface area (Å²) >= 11 is 8.34. The maximum absolute atomic E-state index is 14.2. The average Bonchev–Trinajstić information content (AvgIpc) is 3.22. The topological polar surface area (TPSA) is 97.9 Å². The van der Waals surface area contributed by atoms with E-state index in [4.69, 9.17) is 20.9 Å². The van der Waals surface area contributed by atoms with Crippen LogP contribution in [0, 0.1) is 13.8 Å². The van der Waals surface area contributed by atoms with Crippen molar-refractivity contribution in [3.05, 3.63) is 109 Å². The minimum Gasteiger partial charge on any atom is -0.416 e. The zero-order valence-corrected chi connectivity index (χ0v) is 25.1. The fraction of sp³-hybridized carbons (Fsp3) is 0.267. The molecule has 14 heteroatoms. The Morgan fingerprint density at radius 3 is 2.59 bits per heavy atom. The van der Waals surface area contributed by atoms with Crippen LogP contribution in [0.2, 0.25) is 5.02 Å². The number of pyridine rings is 1. The van der Waals surface area contributed by atoms with Crippen molar-refractivity contribution < 1.29 is 32.0 Å². The smallest absolute Gasteiger partial charge is 0.408 e. The van der Waals surface area contributed by atoms with E-state index in [1.165, 1.54) is 29.7 Å². The van der Waals surface area contributed by atoms with Gasteiger partial charge in [0.25, 0.3) is 5.91 Å². The number of benzene rings is 2. The molecular weight excluding hydrogens is 621 g/mol. The first-order valence-corrected chi connectivity index (χ1v) is 14.8. The Labute approximate surface area is 258 Å². The molecule has 0 fully saturated rings. The first kappa shape index (κ1) is 29.8. The number of thioether (sulfide) groups is 1. The van der Waals surface area contributed by atoms with E-state index in [2.05, 4.69) is 5.16 Å². The van der Waals surface area contributed by atoms with Crippen molar-refractivity contribution in [2.45, 2.75) is 49.7 Å². The molecule has 0 N–H and O–H groups in total. The molecule has 2 atom stereocenters. The number of alkyl halides is 3. The van der Waals surface area contributed by atoms with Crippen LogP contribution in [0.25, 0.3) is 0 Å². The number of carbonyl (C=O) groups excluding carboxylic acids is 2. The molecule has 0 unspecified atom stereocenters. The van der Waals surface area contributed by atoms with Gasteiger partial charge in [0.15, 0.2) is 5.69 Å². The molecule has 0 spiro atoms. The molecule has 228 valence electrons. The molecule has 2 aliphatic heterocycles. The quantitative estimate of drug-likeness (QED) is 0.249. The molecule has 44 heavy (non-hydrogen) atoms. The van der Waals surface area contributed by atoms with Crippen LogP contribution in [0.15, 0.2) is 68.9 Å². The van der Waals surface area contributed by atoms with Gasteiger partial charge in [-0.05, 0) is 44.0 Å². The fourth-order valence-corrected chi connectivity index (χ4v) is 6.89. The second-order valence-electron chi connectivity index (χ2n) is 10.4. The van der Waals surface area contributed by atoms with Crippen LogP contribution in [-0.4, -0.2) is 45.5 Å². The number of hydrogen-bond donors (Lipinski definition) is 0. The number of aromatic nitrogens is 2. The summed E-state index contributed by atoms with van der Waals surface area (Å²) in [5.74, 6) is -2.26. The molecule has 2 aromatic carbocycles. The van der Waals surface area contributed by atoms with E-state index < -0.39 is 53.7 Å². The maximum atomic E-state index is 14.2. The van der Waals surface area contributed by atoms with E-state index in [1.54, 1.807) is 23.9 Å². The minimum atomic E-state index is -4.81. The average molecular weight is 645 g/mol. The summed E-state index contributed by atoms with van der Waals surface area (Å²) in [6, 6.07) is 10.8. The number of hydrogen-bond acceptors (Lipinski definition) is 8. The predicted octanol–water partition coefficient (Wildman–Crippen LogP) is 6.02. The largest absolute Gasteiger partial charge is 0.416 e. The number of halogens is 4. The number of fused-ring (bicyclic) bond motifs is 3. The van der Waals surface area contributed by atoms with Crippen LogP contribution < -0.4 is 15.2 Å². The Morgan fingerprint density at radius 1 is 1.14 bits per heavy atom. The van der Waals surface area contributed by atoms with Crippen molar-refractivity contribution in [1.82, 2.24) is 14.7 Å². The number of ether oxygens (including phenoxy) is 1. The molecular formula is C30H24ClF3N4O5S. The number of amides is 1. The highest BCUT2D eigenvalue weighted by Gasteiger charge is 2.48. The first-order chi connectivity index (χ1) is 20.9. The molecule has 2 aliphatic rings. The van der Waals surface area contributed by atoms with Crippen molar-refractivity contribution in [2.24, 2.45) is 0 Å². The highest BCUT2D eigenvalue weighted by molar-refractivity contribution is 7.98. The zero-order chi connectivity index (χ0) is 31.5. The van der Waals surface area contributed by atoms with Crippen LogP contribution in [0.3, 0.4) is 0 Å².